The summed E-state index contributed by atoms with van der Waals surface area (Å²) in [5, 5.41) is 0. The first-order chi connectivity index (χ1) is 10.2. The molecule has 0 saturated heterocycles. The highest BCUT2D eigenvalue weighted by Crippen LogP contribution is 2.33. The summed E-state index contributed by atoms with van der Waals surface area (Å²) in [5.41, 5.74) is -0.570. The molecule has 2 aromatic rings. The topological polar surface area (TPSA) is 12.9 Å². The molecule has 0 amide bonds. The lowest BCUT2D eigenvalue weighted by molar-refractivity contribution is 0.0120. The third-order valence-corrected chi connectivity index (χ3v) is 3.38. The van der Waals surface area contributed by atoms with Gasteiger partial charge in [-0.3, -0.25) is 4.98 Å². The lowest BCUT2D eigenvalue weighted by atomic mass is 10.0. The highest BCUT2D eigenvalue weighted by Gasteiger charge is 2.29. The lowest BCUT2D eigenvalue weighted by Crippen LogP contribution is -2.13. The Balaban J connectivity index is 0.00000264. The molecule has 1 aromatic carbocycles. The Kier molecular flexibility index (Phi) is 6.36. The average Bonchev–Trinajstić information content (AvgIpc) is 2.45. The second-order valence-corrected chi connectivity index (χ2v) is 5.06. The van der Waals surface area contributed by atoms with Gasteiger partial charge in [0.1, 0.15) is 11.5 Å². The molecule has 0 aliphatic carbocycles. The Hall–Kier alpha value is -1.40. The van der Waals surface area contributed by atoms with E-state index in [0.717, 1.165) is 18.3 Å². The SMILES string of the molecule is CC(F)(F)c1ncc(-c2ccc(F)c(C(F)F)c2)cc1CCl.Cl. The van der Waals surface area contributed by atoms with E-state index in [1.807, 2.05) is 0 Å². The molecule has 8 heteroatoms. The van der Waals surface area contributed by atoms with E-state index >= 15 is 0 Å². The first kappa shape index (κ1) is 19.6. The molecule has 23 heavy (non-hydrogen) atoms. The fourth-order valence-electron chi connectivity index (χ4n) is 2.06. The van der Waals surface area contributed by atoms with Gasteiger partial charge in [-0.15, -0.1) is 24.0 Å². The number of benzene rings is 1. The molecule has 0 aliphatic heterocycles. The van der Waals surface area contributed by atoms with Crippen molar-refractivity contribution in [1.29, 1.82) is 0 Å². The largest absolute Gasteiger partial charge is 0.287 e. The molecule has 0 saturated carbocycles. The summed E-state index contributed by atoms with van der Waals surface area (Å²) in [5.74, 6) is -4.40. The van der Waals surface area contributed by atoms with Crippen molar-refractivity contribution < 1.29 is 22.0 Å². The second kappa shape index (κ2) is 7.45. The van der Waals surface area contributed by atoms with Gasteiger partial charge in [-0.05, 0) is 29.3 Å². The van der Waals surface area contributed by atoms with Gasteiger partial charge in [0.15, 0.2) is 0 Å². The van der Waals surface area contributed by atoms with Crippen molar-refractivity contribution in [3.8, 4) is 11.1 Å². The van der Waals surface area contributed by atoms with Crippen LogP contribution in [0.3, 0.4) is 0 Å². The minimum Gasteiger partial charge on any atom is -0.254 e. The normalized spacial score (nSPS) is 11.5. The predicted octanol–water partition coefficient (Wildman–Crippen LogP) is 6.10. The maximum absolute atomic E-state index is 13.4. The van der Waals surface area contributed by atoms with Crippen LogP contribution in [-0.2, 0) is 11.8 Å². The van der Waals surface area contributed by atoms with Crippen LogP contribution in [0.1, 0.15) is 30.2 Å². The third kappa shape index (κ3) is 4.32. The number of rotatable bonds is 4. The van der Waals surface area contributed by atoms with E-state index in [0.29, 0.717) is 12.5 Å². The van der Waals surface area contributed by atoms with Crippen molar-refractivity contribution in [2.24, 2.45) is 0 Å². The number of pyridine rings is 1. The van der Waals surface area contributed by atoms with Gasteiger partial charge in [-0.2, -0.15) is 8.78 Å². The summed E-state index contributed by atoms with van der Waals surface area (Å²) in [6.45, 7) is 0.692. The minimum atomic E-state index is -3.17. The molecule has 0 unspecified atom stereocenters. The Bertz CT molecular complexity index is 686. The van der Waals surface area contributed by atoms with Gasteiger partial charge >= 0.3 is 0 Å². The predicted molar refractivity (Wildman–Crippen MR) is 81.0 cm³/mol. The summed E-state index contributed by atoms with van der Waals surface area (Å²) in [4.78, 5) is 3.68. The van der Waals surface area contributed by atoms with Crippen molar-refractivity contribution in [2.45, 2.75) is 25.2 Å². The molecule has 0 fully saturated rings. The number of aromatic nitrogens is 1. The van der Waals surface area contributed by atoms with Crippen LogP contribution in [0.15, 0.2) is 30.5 Å². The van der Waals surface area contributed by atoms with Crippen LogP contribution in [0, 0.1) is 5.82 Å². The molecular formula is C15H12Cl2F5N. The fourth-order valence-corrected chi connectivity index (χ4v) is 2.26. The number of hydrogen-bond donors (Lipinski definition) is 0. The summed E-state index contributed by atoms with van der Waals surface area (Å²) in [7, 11) is 0. The van der Waals surface area contributed by atoms with Crippen LogP contribution in [0.25, 0.3) is 11.1 Å². The Morgan fingerprint density at radius 1 is 1.17 bits per heavy atom. The minimum absolute atomic E-state index is 0. The summed E-state index contributed by atoms with van der Waals surface area (Å²) in [6.07, 6.45) is -1.84. The Morgan fingerprint density at radius 2 is 1.83 bits per heavy atom. The zero-order chi connectivity index (χ0) is 16.5. The third-order valence-electron chi connectivity index (χ3n) is 3.09. The first-order valence-corrected chi connectivity index (χ1v) is 6.78. The first-order valence-electron chi connectivity index (χ1n) is 6.25. The molecular weight excluding hydrogens is 360 g/mol. The lowest BCUT2D eigenvalue weighted by Gasteiger charge is -2.15. The van der Waals surface area contributed by atoms with Gasteiger partial charge in [-0.25, -0.2) is 13.2 Å². The average molecular weight is 372 g/mol. The molecule has 2 rings (SSSR count). The van der Waals surface area contributed by atoms with E-state index in [-0.39, 0.29) is 29.4 Å². The number of nitrogens with zero attached hydrogens (tertiary/aromatic N) is 1. The Labute approximate surface area is 140 Å². The second-order valence-electron chi connectivity index (χ2n) is 4.79. The molecule has 0 radical (unpaired) electrons. The quantitative estimate of drug-likeness (QED) is 0.467. The number of halogens is 7. The van der Waals surface area contributed by atoms with Crippen LogP contribution >= 0.6 is 24.0 Å². The summed E-state index contributed by atoms with van der Waals surface area (Å²) in [6, 6.07) is 4.49. The van der Waals surface area contributed by atoms with Gasteiger partial charge in [-0.1, -0.05) is 6.07 Å². The smallest absolute Gasteiger partial charge is 0.254 e. The van der Waals surface area contributed by atoms with Gasteiger partial charge < -0.3 is 0 Å². The molecule has 0 N–H and O–H groups in total. The molecule has 1 heterocycles. The van der Waals surface area contributed by atoms with Gasteiger partial charge in [0.2, 0.25) is 0 Å². The fraction of sp³-hybridized carbons (Fsp3) is 0.267. The van der Waals surface area contributed by atoms with E-state index in [2.05, 4.69) is 4.98 Å². The van der Waals surface area contributed by atoms with Crippen LogP contribution in [0.5, 0.6) is 0 Å². The molecule has 0 aliphatic rings. The number of alkyl halides is 5. The maximum Gasteiger partial charge on any atom is 0.287 e. The van der Waals surface area contributed by atoms with Crippen molar-refractivity contribution in [2.75, 3.05) is 0 Å². The van der Waals surface area contributed by atoms with Crippen LogP contribution in [0.2, 0.25) is 0 Å². The molecule has 0 spiro atoms. The molecule has 126 valence electrons. The molecule has 1 aromatic heterocycles. The van der Waals surface area contributed by atoms with Crippen molar-refractivity contribution in [3.63, 3.8) is 0 Å². The summed E-state index contributed by atoms with van der Waals surface area (Å²) < 4.78 is 65.5. The summed E-state index contributed by atoms with van der Waals surface area (Å²) >= 11 is 5.65. The standard InChI is InChI=1S/C15H11ClF5N.ClH/c1-15(20,21)13-9(6-16)4-10(7-22-13)8-2-3-12(17)11(5-8)14(18)19;/h2-5,7,14H,6H2,1H3;1H. The van der Waals surface area contributed by atoms with Crippen molar-refractivity contribution in [1.82, 2.24) is 4.98 Å². The molecule has 0 bridgehead atoms. The highest BCUT2D eigenvalue weighted by molar-refractivity contribution is 6.17. The maximum atomic E-state index is 13.4. The van der Waals surface area contributed by atoms with Crippen molar-refractivity contribution >= 4 is 24.0 Å². The zero-order valence-electron chi connectivity index (χ0n) is 11.8. The highest BCUT2D eigenvalue weighted by atomic mass is 35.5. The van der Waals surface area contributed by atoms with E-state index in [1.165, 1.54) is 12.1 Å². The van der Waals surface area contributed by atoms with Crippen LogP contribution in [0.4, 0.5) is 22.0 Å². The number of hydrogen-bond acceptors (Lipinski definition) is 1. The molecule has 1 nitrogen and oxygen atoms in total. The van der Waals surface area contributed by atoms with Crippen molar-refractivity contribution in [3.05, 3.63) is 53.1 Å². The van der Waals surface area contributed by atoms with Gasteiger partial charge in [0, 0.05) is 24.6 Å². The van der Waals surface area contributed by atoms with Gasteiger partial charge in [0.25, 0.3) is 12.3 Å². The zero-order valence-corrected chi connectivity index (χ0v) is 13.4. The molecule has 0 atom stereocenters. The monoisotopic (exact) mass is 371 g/mol. The van der Waals surface area contributed by atoms with Crippen LogP contribution < -0.4 is 0 Å². The van der Waals surface area contributed by atoms with E-state index in [4.69, 9.17) is 11.6 Å². The Morgan fingerprint density at radius 3 is 2.35 bits per heavy atom. The van der Waals surface area contributed by atoms with E-state index < -0.39 is 29.4 Å². The van der Waals surface area contributed by atoms with Crippen LogP contribution in [-0.4, -0.2) is 4.98 Å². The van der Waals surface area contributed by atoms with E-state index in [9.17, 15) is 22.0 Å². The van der Waals surface area contributed by atoms with Gasteiger partial charge in [0.05, 0.1) is 5.56 Å². The van der Waals surface area contributed by atoms with E-state index in [1.54, 1.807) is 0 Å².